The smallest absolute Gasteiger partial charge is 0.310 e. The lowest BCUT2D eigenvalue weighted by atomic mass is 10.1. The first-order valence-electron chi connectivity index (χ1n) is 10.7. The van der Waals surface area contributed by atoms with E-state index in [1.807, 2.05) is 53.1 Å². The first-order chi connectivity index (χ1) is 15.5. The number of nitrogens with zero attached hydrogens (tertiary/aromatic N) is 5. The summed E-state index contributed by atoms with van der Waals surface area (Å²) in [7, 11) is 1.67. The molecule has 0 amide bonds. The minimum absolute atomic E-state index is 0.206. The molecule has 4 aromatic rings. The second-order valence-electron chi connectivity index (χ2n) is 8.18. The van der Waals surface area contributed by atoms with Gasteiger partial charge in [-0.1, -0.05) is 54.6 Å². The Kier molecular flexibility index (Phi) is 4.81. The summed E-state index contributed by atoms with van der Waals surface area (Å²) in [6.45, 7) is 5.77. The van der Waals surface area contributed by atoms with Crippen molar-refractivity contribution >= 4 is 28.9 Å². The number of anilines is 2. The predicted octanol–water partition coefficient (Wildman–Crippen LogP) is 3.38. The molecule has 3 heterocycles. The van der Waals surface area contributed by atoms with Gasteiger partial charge in [-0.3, -0.25) is 13.9 Å². The fourth-order valence-electron chi connectivity index (χ4n) is 4.35. The highest BCUT2D eigenvalue weighted by Gasteiger charge is 2.29. The van der Waals surface area contributed by atoms with Gasteiger partial charge in [-0.2, -0.15) is 4.98 Å². The lowest BCUT2D eigenvalue weighted by molar-refractivity contribution is 0.663. The number of benzene rings is 2. The summed E-state index contributed by atoms with van der Waals surface area (Å²) in [5.41, 5.74) is 4.72. The summed E-state index contributed by atoms with van der Waals surface area (Å²) >= 11 is 0. The highest BCUT2D eigenvalue weighted by Crippen LogP contribution is 2.34. The first kappa shape index (κ1) is 20.1. The zero-order valence-corrected chi connectivity index (χ0v) is 18.4. The number of aromatic nitrogens is 4. The number of fused-ring (bicyclic) bond motifs is 3. The number of rotatable bonds is 4. The molecule has 0 N–H and O–H groups in total. The van der Waals surface area contributed by atoms with Gasteiger partial charge in [0.15, 0.2) is 11.2 Å². The number of imidazole rings is 1. The molecule has 0 saturated heterocycles. The van der Waals surface area contributed by atoms with Gasteiger partial charge < -0.3 is 9.47 Å². The second kappa shape index (κ2) is 7.67. The Balaban J connectivity index is 1.60. The van der Waals surface area contributed by atoms with E-state index in [0.29, 0.717) is 23.7 Å². The van der Waals surface area contributed by atoms with E-state index in [4.69, 9.17) is 4.98 Å². The Morgan fingerprint density at radius 2 is 1.78 bits per heavy atom. The largest absolute Gasteiger partial charge is 0.332 e. The summed E-state index contributed by atoms with van der Waals surface area (Å²) in [4.78, 5) is 33.2. The van der Waals surface area contributed by atoms with E-state index in [0.717, 1.165) is 17.8 Å². The molecule has 0 aliphatic carbocycles. The van der Waals surface area contributed by atoms with Gasteiger partial charge in [-0.25, -0.2) is 4.79 Å². The summed E-state index contributed by atoms with van der Waals surface area (Å²) < 4.78 is 4.69. The van der Waals surface area contributed by atoms with Crippen molar-refractivity contribution in [3.8, 4) is 0 Å². The van der Waals surface area contributed by atoms with Gasteiger partial charge in [0.05, 0.1) is 0 Å². The quantitative estimate of drug-likeness (QED) is 0.501. The van der Waals surface area contributed by atoms with Crippen LogP contribution in [0.1, 0.15) is 16.7 Å². The van der Waals surface area contributed by atoms with E-state index < -0.39 is 0 Å². The molecular weight excluding hydrogens is 402 g/mol. The molecule has 0 radical (unpaired) electrons. The SMILES string of the molecule is Cc1cccc(N2CCn3c2nc2c3c(=O)n(C/C=C/c3ccccc3)c(=O)n2C)c1C. The third kappa shape index (κ3) is 3.09. The Morgan fingerprint density at radius 1 is 1.00 bits per heavy atom. The molecular formula is C25H25N5O2. The van der Waals surface area contributed by atoms with E-state index in [9.17, 15) is 9.59 Å². The van der Waals surface area contributed by atoms with Crippen molar-refractivity contribution in [3.05, 3.63) is 92.1 Å². The molecule has 162 valence electrons. The van der Waals surface area contributed by atoms with Crippen LogP contribution in [-0.2, 0) is 20.1 Å². The predicted molar refractivity (Wildman–Crippen MR) is 128 cm³/mol. The molecule has 2 aromatic carbocycles. The van der Waals surface area contributed by atoms with Crippen LogP contribution in [0, 0.1) is 13.8 Å². The normalized spacial score (nSPS) is 13.4. The van der Waals surface area contributed by atoms with Crippen LogP contribution in [0.5, 0.6) is 0 Å². The molecule has 0 atom stereocenters. The van der Waals surface area contributed by atoms with Crippen molar-refractivity contribution in [2.45, 2.75) is 26.9 Å². The van der Waals surface area contributed by atoms with Crippen molar-refractivity contribution in [3.63, 3.8) is 0 Å². The van der Waals surface area contributed by atoms with Gasteiger partial charge in [0.2, 0.25) is 5.95 Å². The van der Waals surface area contributed by atoms with E-state index >= 15 is 0 Å². The Morgan fingerprint density at radius 3 is 2.56 bits per heavy atom. The van der Waals surface area contributed by atoms with Crippen molar-refractivity contribution in [2.24, 2.45) is 7.05 Å². The summed E-state index contributed by atoms with van der Waals surface area (Å²) in [6, 6.07) is 16.0. The molecule has 7 nitrogen and oxygen atoms in total. The number of aryl methyl sites for hydroxylation is 2. The highest BCUT2D eigenvalue weighted by molar-refractivity contribution is 5.78. The van der Waals surface area contributed by atoms with Gasteiger partial charge in [0.25, 0.3) is 5.56 Å². The molecule has 0 saturated carbocycles. The van der Waals surface area contributed by atoms with Crippen LogP contribution in [0.3, 0.4) is 0 Å². The van der Waals surface area contributed by atoms with E-state index in [-0.39, 0.29) is 17.8 Å². The lowest BCUT2D eigenvalue weighted by Crippen LogP contribution is -2.39. The first-order valence-corrected chi connectivity index (χ1v) is 10.7. The molecule has 0 fully saturated rings. The maximum atomic E-state index is 13.4. The fourth-order valence-corrected chi connectivity index (χ4v) is 4.35. The second-order valence-corrected chi connectivity index (χ2v) is 8.18. The van der Waals surface area contributed by atoms with Gasteiger partial charge in [0, 0.05) is 32.4 Å². The average molecular weight is 428 g/mol. The fraction of sp³-hybridized carbons (Fsp3) is 0.240. The molecule has 0 bridgehead atoms. The lowest BCUT2D eigenvalue weighted by Gasteiger charge is -2.19. The van der Waals surface area contributed by atoms with Crippen LogP contribution in [0.4, 0.5) is 11.6 Å². The molecule has 0 unspecified atom stereocenters. The van der Waals surface area contributed by atoms with Gasteiger partial charge in [-0.05, 0) is 36.6 Å². The number of allylic oxidation sites excluding steroid dienone is 1. The van der Waals surface area contributed by atoms with Crippen molar-refractivity contribution in [1.82, 2.24) is 18.7 Å². The molecule has 2 aromatic heterocycles. The van der Waals surface area contributed by atoms with Gasteiger partial charge in [-0.15, -0.1) is 0 Å². The highest BCUT2D eigenvalue weighted by atomic mass is 16.2. The monoisotopic (exact) mass is 427 g/mol. The molecule has 1 aliphatic heterocycles. The standard InChI is InChI=1S/C25H25N5O2/c1-17-9-7-13-20(18(17)2)28-15-16-29-21-22(26-24(28)29)27(3)25(32)30(23(21)31)14-8-12-19-10-5-4-6-11-19/h4-13H,14-16H2,1-3H3/b12-8+. The zero-order chi connectivity index (χ0) is 22.4. The van der Waals surface area contributed by atoms with Crippen LogP contribution in [0.2, 0.25) is 0 Å². The average Bonchev–Trinajstić information content (AvgIpc) is 3.37. The maximum Gasteiger partial charge on any atom is 0.332 e. The molecule has 7 heteroatoms. The Bertz CT molecular complexity index is 1470. The van der Waals surface area contributed by atoms with Crippen molar-refractivity contribution in [1.29, 1.82) is 0 Å². The Labute approximate surface area is 185 Å². The summed E-state index contributed by atoms with van der Waals surface area (Å²) in [5, 5.41) is 0. The maximum absolute atomic E-state index is 13.4. The molecule has 32 heavy (non-hydrogen) atoms. The van der Waals surface area contributed by atoms with Crippen LogP contribution >= 0.6 is 0 Å². The Hall–Kier alpha value is -3.87. The number of hydrogen-bond acceptors (Lipinski definition) is 4. The minimum atomic E-state index is -0.365. The minimum Gasteiger partial charge on any atom is -0.310 e. The van der Waals surface area contributed by atoms with Crippen LogP contribution in [0.15, 0.2) is 64.2 Å². The summed E-state index contributed by atoms with van der Waals surface area (Å²) in [5.74, 6) is 0.707. The van der Waals surface area contributed by atoms with Crippen LogP contribution in [0.25, 0.3) is 17.2 Å². The van der Waals surface area contributed by atoms with E-state index in [1.165, 1.54) is 20.3 Å². The van der Waals surface area contributed by atoms with E-state index in [2.05, 4.69) is 30.9 Å². The topological polar surface area (TPSA) is 65.1 Å². The van der Waals surface area contributed by atoms with Crippen molar-refractivity contribution in [2.75, 3.05) is 11.4 Å². The molecule has 0 spiro atoms. The number of hydrogen-bond donors (Lipinski definition) is 0. The van der Waals surface area contributed by atoms with Gasteiger partial charge >= 0.3 is 5.69 Å². The van der Waals surface area contributed by atoms with E-state index in [1.54, 1.807) is 7.05 Å². The van der Waals surface area contributed by atoms with Gasteiger partial charge in [0.1, 0.15) is 0 Å². The van der Waals surface area contributed by atoms with Crippen molar-refractivity contribution < 1.29 is 0 Å². The summed E-state index contributed by atoms with van der Waals surface area (Å²) in [6.07, 6.45) is 3.76. The zero-order valence-electron chi connectivity index (χ0n) is 18.4. The van der Waals surface area contributed by atoms with Crippen LogP contribution in [-0.4, -0.2) is 25.2 Å². The third-order valence-electron chi connectivity index (χ3n) is 6.27. The van der Waals surface area contributed by atoms with Crippen LogP contribution < -0.4 is 16.1 Å². The third-order valence-corrected chi connectivity index (χ3v) is 6.27. The molecule has 1 aliphatic rings. The molecule has 5 rings (SSSR count).